The third kappa shape index (κ3) is 3.19. The molecule has 0 aliphatic heterocycles. The van der Waals surface area contributed by atoms with Crippen molar-refractivity contribution in [3.63, 3.8) is 0 Å². The minimum Gasteiger partial charge on any atom is -0.388 e. The van der Waals surface area contributed by atoms with E-state index in [4.69, 9.17) is 11.1 Å². The van der Waals surface area contributed by atoms with Gasteiger partial charge in [0.05, 0.1) is 12.0 Å². The number of rotatable bonds is 4. The summed E-state index contributed by atoms with van der Waals surface area (Å²) >= 11 is 0. The Morgan fingerprint density at radius 1 is 1.67 bits per heavy atom. The van der Waals surface area contributed by atoms with Crippen molar-refractivity contribution in [1.29, 1.82) is 5.41 Å². The highest BCUT2D eigenvalue weighted by atomic mass is 15.3. The first-order valence-electron chi connectivity index (χ1n) is 4.85. The number of aromatic nitrogens is 2. The standard InChI is InChI=1S/C10H17N5/c1-7-4-10(14-13-6-7)15(3)8(2)5-9(11)12/h4,6,8H,5H2,1-3H3,(H3,11,12). The Labute approximate surface area is 89.8 Å². The third-order valence-corrected chi connectivity index (χ3v) is 2.32. The first kappa shape index (κ1) is 11.4. The van der Waals surface area contributed by atoms with Gasteiger partial charge in [0.15, 0.2) is 5.82 Å². The van der Waals surface area contributed by atoms with Gasteiger partial charge in [-0.05, 0) is 25.5 Å². The molecule has 0 aliphatic rings. The molecule has 0 saturated carbocycles. The smallest absolute Gasteiger partial charge is 0.151 e. The summed E-state index contributed by atoms with van der Waals surface area (Å²) in [5.74, 6) is 0.999. The van der Waals surface area contributed by atoms with E-state index in [9.17, 15) is 0 Å². The molecule has 0 radical (unpaired) electrons. The largest absolute Gasteiger partial charge is 0.388 e. The van der Waals surface area contributed by atoms with Crippen LogP contribution in [0.1, 0.15) is 18.9 Å². The SMILES string of the molecule is Cc1cnnc(N(C)C(C)CC(=N)N)c1. The van der Waals surface area contributed by atoms with Crippen LogP contribution in [-0.2, 0) is 0 Å². The summed E-state index contributed by atoms with van der Waals surface area (Å²) in [6, 6.07) is 2.11. The van der Waals surface area contributed by atoms with Crippen LogP contribution in [-0.4, -0.2) is 29.1 Å². The highest BCUT2D eigenvalue weighted by molar-refractivity contribution is 5.77. The molecule has 1 aromatic heterocycles. The number of hydrogen-bond acceptors (Lipinski definition) is 4. The van der Waals surface area contributed by atoms with Crippen LogP contribution in [0.3, 0.4) is 0 Å². The molecule has 1 rings (SSSR count). The van der Waals surface area contributed by atoms with E-state index in [1.54, 1.807) is 6.20 Å². The van der Waals surface area contributed by atoms with E-state index in [-0.39, 0.29) is 11.9 Å². The Hall–Kier alpha value is -1.65. The number of aryl methyl sites for hydroxylation is 1. The van der Waals surface area contributed by atoms with Crippen molar-refractivity contribution in [3.05, 3.63) is 17.8 Å². The molecule has 0 spiro atoms. The molecule has 82 valence electrons. The fraction of sp³-hybridized carbons (Fsp3) is 0.500. The predicted molar refractivity (Wildman–Crippen MR) is 61.2 cm³/mol. The lowest BCUT2D eigenvalue weighted by molar-refractivity contribution is 0.693. The minimum absolute atomic E-state index is 0.151. The maximum absolute atomic E-state index is 7.24. The Kier molecular flexibility index (Phi) is 3.60. The van der Waals surface area contributed by atoms with Gasteiger partial charge in [-0.25, -0.2) is 0 Å². The van der Waals surface area contributed by atoms with Gasteiger partial charge in [-0.15, -0.1) is 5.10 Å². The lowest BCUT2D eigenvalue weighted by atomic mass is 10.2. The van der Waals surface area contributed by atoms with Crippen molar-refractivity contribution < 1.29 is 0 Å². The van der Waals surface area contributed by atoms with Gasteiger partial charge in [0.25, 0.3) is 0 Å². The van der Waals surface area contributed by atoms with Gasteiger partial charge in [0.2, 0.25) is 0 Å². The molecule has 1 aromatic rings. The van der Waals surface area contributed by atoms with Crippen LogP contribution >= 0.6 is 0 Å². The van der Waals surface area contributed by atoms with Gasteiger partial charge < -0.3 is 10.6 Å². The van der Waals surface area contributed by atoms with Crippen molar-refractivity contribution >= 4 is 11.7 Å². The van der Waals surface area contributed by atoms with Crippen molar-refractivity contribution in [1.82, 2.24) is 10.2 Å². The maximum atomic E-state index is 7.24. The second kappa shape index (κ2) is 4.72. The molecule has 0 aromatic carbocycles. The average molecular weight is 207 g/mol. The van der Waals surface area contributed by atoms with Crippen molar-refractivity contribution in [2.24, 2.45) is 5.73 Å². The minimum atomic E-state index is 0.151. The van der Waals surface area contributed by atoms with Crippen LogP contribution in [0.5, 0.6) is 0 Å². The molecule has 5 nitrogen and oxygen atoms in total. The summed E-state index contributed by atoms with van der Waals surface area (Å²) in [7, 11) is 1.93. The normalized spacial score (nSPS) is 12.2. The summed E-state index contributed by atoms with van der Waals surface area (Å²) in [4.78, 5) is 1.97. The summed E-state index contributed by atoms with van der Waals surface area (Å²) in [5, 5.41) is 15.2. The molecule has 0 fully saturated rings. The summed E-state index contributed by atoms with van der Waals surface area (Å²) in [6.45, 7) is 3.98. The van der Waals surface area contributed by atoms with E-state index >= 15 is 0 Å². The van der Waals surface area contributed by atoms with Gasteiger partial charge >= 0.3 is 0 Å². The molecule has 0 aliphatic carbocycles. The predicted octanol–water partition coefficient (Wildman–Crippen LogP) is 0.936. The quantitative estimate of drug-likeness (QED) is 0.568. The zero-order chi connectivity index (χ0) is 11.4. The Morgan fingerprint density at radius 2 is 2.33 bits per heavy atom. The van der Waals surface area contributed by atoms with Gasteiger partial charge in [-0.1, -0.05) is 0 Å². The van der Waals surface area contributed by atoms with Gasteiger partial charge in [-0.3, -0.25) is 5.41 Å². The van der Waals surface area contributed by atoms with Crippen molar-refractivity contribution in [3.8, 4) is 0 Å². The lowest BCUT2D eigenvalue weighted by Crippen LogP contribution is -2.33. The number of hydrogen-bond donors (Lipinski definition) is 2. The molecule has 15 heavy (non-hydrogen) atoms. The lowest BCUT2D eigenvalue weighted by Gasteiger charge is -2.25. The molecular weight excluding hydrogens is 190 g/mol. The van der Waals surface area contributed by atoms with Crippen LogP contribution < -0.4 is 10.6 Å². The van der Waals surface area contributed by atoms with E-state index in [0.717, 1.165) is 11.4 Å². The zero-order valence-electron chi connectivity index (χ0n) is 9.36. The van der Waals surface area contributed by atoms with E-state index in [2.05, 4.69) is 10.2 Å². The second-order valence-corrected chi connectivity index (χ2v) is 3.78. The molecule has 3 N–H and O–H groups in total. The zero-order valence-corrected chi connectivity index (χ0v) is 9.36. The third-order valence-electron chi connectivity index (χ3n) is 2.32. The molecule has 0 amide bonds. The highest BCUT2D eigenvalue weighted by Gasteiger charge is 2.12. The number of nitrogens with one attached hydrogen (secondary N) is 1. The first-order valence-corrected chi connectivity index (χ1v) is 4.85. The monoisotopic (exact) mass is 207 g/mol. The Bertz CT molecular complexity index is 349. The fourth-order valence-electron chi connectivity index (χ4n) is 1.30. The van der Waals surface area contributed by atoms with Gasteiger partial charge in [-0.2, -0.15) is 5.10 Å². The van der Waals surface area contributed by atoms with Crippen LogP contribution in [0.15, 0.2) is 12.3 Å². The fourth-order valence-corrected chi connectivity index (χ4v) is 1.30. The van der Waals surface area contributed by atoms with E-state index in [0.29, 0.717) is 6.42 Å². The van der Waals surface area contributed by atoms with E-state index < -0.39 is 0 Å². The topological polar surface area (TPSA) is 78.9 Å². The molecule has 1 atom stereocenters. The highest BCUT2D eigenvalue weighted by Crippen LogP contribution is 2.13. The van der Waals surface area contributed by atoms with Gasteiger partial charge in [0.1, 0.15) is 0 Å². The van der Waals surface area contributed by atoms with Gasteiger partial charge in [0, 0.05) is 19.5 Å². The average Bonchev–Trinajstić information content (AvgIpc) is 2.15. The Morgan fingerprint density at radius 3 is 2.87 bits per heavy atom. The van der Waals surface area contributed by atoms with Crippen LogP contribution in [0, 0.1) is 12.3 Å². The van der Waals surface area contributed by atoms with Crippen LogP contribution in [0.2, 0.25) is 0 Å². The van der Waals surface area contributed by atoms with Crippen molar-refractivity contribution in [2.45, 2.75) is 26.3 Å². The van der Waals surface area contributed by atoms with Crippen molar-refractivity contribution in [2.75, 3.05) is 11.9 Å². The first-order chi connectivity index (χ1) is 7.00. The number of amidine groups is 1. The molecule has 1 heterocycles. The number of nitrogens with two attached hydrogens (primary N) is 1. The molecule has 1 unspecified atom stereocenters. The molecule has 0 bridgehead atoms. The summed E-state index contributed by atoms with van der Waals surface area (Å²) in [5.41, 5.74) is 6.43. The van der Waals surface area contributed by atoms with Crippen LogP contribution in [0.25, 0.3) is 0 Å². The van der Waals surface area contributed by atoms with E-state index in [1.165, 1.54) is 0 Å². The number of anilines is 1. The molecular formula is C10H17N5. The molecule has 5 heteroatoms. The number of nitrogens with zero attached hydrogens (tertiary/aromatic N) is 3. The molecule has 0 saturated heterocycles. The summed E-state index contributed by atoms with van der Waals surface area (Å²) in [6.07, 6.45) is 2.25. The second-order valence-electron chi connectivity index (χ2n) is 3.78. The Balaban J connectivity index is 2.75. The maximum Gasteiger partial charge on any atom is 0.151 e. The van der Waals surface area contributed by atoms with E-state index in [1.807, 2.05) is 31.9 Å². The summed E-state index contributed by atoms with van der Waals surface area (Å²) < 4.78 is 0. The van der Waals surface area contributed by atoms with Crippen LogP contribution in [0.4, 0.5) is 5.82 Å².